The Balaban J connectivity index is 0.00000261. The van der Waals surface area contributed by atoms with E-state index in [1.54, 1.807) is 0 Å². The maximum atomic E-state index is 5.65. The Labute approximate surface area is 180 Å². The van der Waals surface area contributed by atoms with E-state index in [0.717, 1.165) is 71.3 Å². The van der Waals surface area contributed by atoms with Crippen LogP contribution in [0.15, 0.2) is 35.3 Å². The predicted molar refractivity (Wildman–Crippen MR) is 121 cm³/mol. The maximum Gasteiger partial charge on any atom is 0.193 e. The van der Waals surface area contributed by atoms with E-state index in [-0.39, 0.29) is 29.4 Å². The molecule has 2 saturated heterocycles. The third-order valence-electron chi connectivity index (χ3n) is 5.62. The van der Waals surface area contributed by atoms with Gasteiger partial charge in [-0.3, -0.25) is 4.99 Å². The van der Waals surface area contributed by atoms with Crippen LogP contribution in [0.2, 0.25) is 0 Å². The summed E-state index contributed by atoms with van der Waals surface area (Å²) >= 11 is 0. The van der Waals surface area contributed by atoms with Crippen LogP contribution in [0.1, 0.15) is 31.7 Å². The molecule has 1 aromatic rings. The van der Waals surface area contributed by atoms with Crippen molar-refractivity contribution in [1.29, 1.82) is 0 Å². The Kier molecular flexibility index (Phi) is 9.32. The molecule has 1 N–H and O–H groups in total. The summed E-state index contributed by atoms with van der Waals surface area (Å²) in [4.78, 5) is 7.33. The van der Waals surface area contributed by atoms with Crippen molar-refractivity contribution in [2.75, 3.05) is 53.1 Å². The van der Waals surface area contributed by atoms with Crippen molar-refractivity contribution < 1.29 is 9.47 Å². The molecule has 0 aromatic heterocycles. The molecule has 0 amide bonds. The molecule has 2 fully saturated rings. The van der Waals surface area contributed by atoms with Gasteiger partial charge in [-0.25, -0.2) is 0 Å². The number of rotatable bonds is 6. The number of hydrogen-bond acceptors (Lipinski definition) is 3. The highest BCUT2D eigenvalue weighted by atomic mass is 127. The molecular weight excluding hydrogens is 453 g/mol. The van der Waals surface area contributed by atoms with Crippen LogP contribution < -0.4 is 5.32 Å². The van der Waals surface area contributed by atoms with Crippen LogP contribution in [-0.2, 0) is 14.9 Å². The predicted octanol–water partition coefficient (Wildman–Crippen LogP) is 3.29. The molecule has 3 rings (SSSR count). The van der Waals surface area contributed by atoms with Gasteiger partial charge in [0.1, 0.15) is 0 Å². The molecule has 5 nitrogen and oxygen atoms in total. The van der Waals surface area contributed by atoms with Gasteiger partial charge >= 0.3 is 0 Å². The lowest BCUT2D eigenvalue weighted by atomic mass is 9.74. The van der Waals surface area contributed by atoms with Gasteiger partial charge in [0.2, 0.25) is 0 Å². The van der Waals surface area contributed by atoms with E-state index in [1.807, 2.05) is 0 Å². The first kappa shape index (κ1) is 22.4. The van der Waals surface area contributed by atoms with Gasteiger partial charge in [0, 0.05) is 51.3 Å². The molecule has 1 aromatic carbocycles. The molecule has 1 unspecified atom stereocenters. The quantitative estimate of drug-likeness (QED) is 0.380. The maximum absolute atomic E-state index is 5.65. The first-order chi connectivity index (χ1) is 12.7. The first-order valence-corrected chi connectivity index (χ1v) is 9.94. The van der Waals surface area contributed by atoms with Crippen LogP contribution in [0.4, 0.5) is 0 Å². The minimum Gasteiger partial charge on any atom is -0.381 e. The molecule has 2 aliphatic rings. The zero-order valence-corrected chi connectivity index (χ0v) is 19.0. The Hall–Kier alpha value is -0.860. The van der Waals surface area contributed by atoms with E-state index in [1.165, 1.54) is 5.56 Å². The van der Waals surface area contributed by atoms with Gasteiger partial charge < -0.3 is 19.7 Å². The molecule has 27 heavy (non-hydrogen) atoms. The molecule has 6 heteroatoms. The van der Waals surface area contributed by atoms with Gasteiger partial charge in [-0.1, -0.05) is 30.3 Å². The number of benzene rings is 1. The lowest BCUT2D eigenvalue weighted by molar-refractivity contribution is 0.0530. The zero-order chi connectivity index (χ0) is 18.2. The minimum atomic E-state index is 0. The number of guanidine groups is 1. The van der Waals surface area contributed by atoms with Crippen LogP contribution in [0.5, 0.6) is 0 Å². The molecule has 0 saturated carbocycles. The van der Waals surface area contributed by atoms with E-state index < -0.39 is 0 Å². The molecular formula is C21H34IN3O2. The fourth-order valence-corrected chi connectivity index (χ4v) is 3.99. The second-order valence-electron chi connectivity index (χ2n) is 7.54. The van der Waals surface area contributed by atoms with Crippen molar-refractivity contribution in [3.63, 3.8) is 0 Å². The fourth-order valence-electron chi connectivity index (χ4n) is 3.99. The number of hydrogen-bond donors (Lipinski definition) is 1. The van der Waals surface area contributed by atoms with Crippen molar-refractivity contribution in [2.24, 2.45) is 10.9 Å². The molecule has 0 aliphatic carbocycles. The number of nitrogens with zero attached hydrogens (tertiary/aromatic N) is 2. The molecule has 2 heterocycles. The monoisotopic (exact) mass is 487 g/mol. The average Bonchev–Trinajstić information content (AvgIpc) is 3.19. The van der Waals surface area contributed by atoms with E-state index in [2.05, 4.69) is 54.5 Å². The van der Waals surface area contributed by atoms with E-state index >= 15 is 0 Å². The summed E-state index contributed by atoms with van der Waals surface area (Å²) in [5.41, 5.74) is 1.46. The molecule has 152 valence electrons. The van der Waals surface area contributed by atoms with Crippen LogP contribution in [0.3, 0.4) is 0 Å². The lowest BCUT2D eigenvalue weighted by Crippen LogP contribution is -2.43. The van der Waals surface area contributed by atoms with Crippen molar-refractivity contribution in [3.8, 4) is 0 Å². The van der Waals surface area contributed by atoms with Gasteiger partial charge in [0.25, 0.3) is 0 Å². The van der Waals surface area contributed by atoms with Crippen molar-refractivity contribution in [1.82, 2.24) is 10.2 Å². The Morgan fingerprint density at radius 2 is 1.93 bits per heavy atom. The molecule has 2 aliphatic heterocycles. The Bertz CT molecular complexity index is 570. The summed E-state index contributed by atoms with van der Waals surface area (Å²) in [6.45, 7) is 8.20. The zero-order valence-electron chi connectivity index (χ0n) is 16.7. The van der Waals surface area contributed by atoms with E-state index in [4.69, 9.17) is 14.5 Å². The van der Waals surface area contributed by atoms with Crippen LogP contribution in [-0.4, -0.2) is 64.0 Å². The largest absolute Gasteiger partial charge is 0.381 e. The summed E-state index contributed by atoms with van der Waals surface area (Å²) in [5, 5.41) is 3.47. The van der Waals surface area contributed by atoms with E-state index in [9.17, 15) is 0 Å². The SMILES string of the molecule is CCNC(=NCC1(c2ccccc2)CCOCC1)N(C)CC1CCOC1.I. The summed E-state index contributed by atoms with van der Waals surface area (Å²) in [6, 6.07) is 10.8. The summed E-state index contributed by atoms with van der Waals surface area (Å²) in [7, 11) is 2.14. The second-order valence-corrected chi connectivity index (χ2v) is 7.54. The van der Waals surface area contributed by atoms with Crippen molar-refractivity contribution in [2.45, 2.75) is 31.6 Å². The number of nitrogens with one attached hydrogen (secondary N) is 1. The van der Waals surface area contributed by atoms with Crippen molar-refractivity contribution in [3.05, 3.63) is 35.9 Å². The second kappa shape index (κ2) is 11.2. The summed E-state index contributed by atoms with van der Waals surface area (Å²) < 4.78 is 11.2. The highest BCUT2D eigenvalue weighted by Gasteiger charge is 2.34. The number of aliphatic imine (C=N–C) groups is 1. The topological polar surface area (TPSA) is 46.1 Å². The van der Waals surface area contributed by atoms with Crippen molar-refractivity contribution >= 4 is 29.9 Å². The highest BCUT2D eigenvalue weighted by molar-refractivity contribution is 14.0. The standard InChI is InChI=1S/C21H33N3O2.HI/c1-3-22-20(24(2)15-18-9-12-26-16-18)23-17-21(10-13-25-14-11-21)19-7-5-4-6-8-19;/h4-8,18H,3,9-17H2,1-2H3,(H,22,23);1H. The normalized spacial score (nSPS) is 22.1. The van der Waals surface area contributed by atoms with Gasteiger partial charge in [-0.2, -0.15) is 0 Å². The van der Waals surface area contributed by atoms with Crippen LogP contribution in [0.25, 0.3) is 0 Å². The Morgan fingerprint density at radius 3 is 2.56 bits per heavy atom. The van der Waals surface area contributed by atoms with Gasteiger partial charge in [-0.05, 0) is 31.7 Å². The average molecular weight is 487 g/mol. The summed E-state index contributed by atoms with van der Waals surface area (Å²) in [6.07, 6.45) is 3.20. The molecule has 0 radical (unpaired) electrons. The lowest BCUT2D eigenvalue weighted by Gasteiger charge is -2.37. The smallest absolute Gasteiger partial charge is 0.193 e. The van der Waals surface area contributed by atoms with E-state index in [0.29, 0.717) is 5.92 Å². The number of ether oxygens (including phenoxy) is 2. The van der Waals surface area contributed by atoms with Gasteiger partial charge in [0.05, 0.1) is 13.2 Å². The van der Waals surface area contributed by atoms with Gasteiger partial charge in [0.15, 0.2) is 5.96 Å². The molecule has 1 atom stereocenters. The van der Waals surface area contributed by atoms with Gasteiger partial charge in [-0.15, -0.1) is 24.0 Å². The highest BCUT2D eigenvalue weighted by Crippen LogP contribution is 2.35. The van der Waals surface area contributed by atoms with Crippen LogP contribution >= 0.6 is 24.0 Å². The molecule has 0 spiro atoms. The summed E-state index contributed by atoms with van der Waals surface area (Å²) in [5.74, 6) is 1.61. The molecule has 0 bridgehead atoms. The van der Waals surface area contributed by atoms with Crippen LogP contribution in [0, 0.1) is 5.92 Å². The number of halogens is 1. The third-order valence-corrected chi connectivity index (χ3v) is 5.62. The first-order valence-electron chi connectivity index (χ1n) is 9.94. The minimum absolute atomic E-state index is 0. The Morgan fingerprint density at radius 1 is 1.19 bits per heavy atom. The third kappa shape index (κ3) is 6.06. The fraction of sp³-hybridized carbons (Fsp3) is 0.667.